The maximum absolute atomic E-state index is 13.1. The zero-order chi connectivity index (χ0) is 19.9. The molecule has 1 saturated carbocycles. The predicted molar refractivity (Wildman–Crippen MR) is 117 cm³/mol. The monoisotopic (exact) mass is 418 g/mol. The second-order valence-corrected chi connectivity index (χ2v) is 9.57. The fraction of sp³-hybridized carbons (Fsp3) is 0.696. The van der Waals surface area contributed by atoms with E-state index in [9.17, 15) is 4.79 Å². The maximum atomic E-state index is 13.1. The number of ether oxygens (including phenoxy) is 2. The van der Waals surface area contributed by atoms with Gasteiger partial charge in [-0.2, -0.15) is 0 Å². The fourth-order valence-corrected chi connectivity index (χ4v) is 6.05. The highest BCUT2D eigenvalue weighted by molar-refractivity contribution is 7.99. The molecule has 160 valence electrons. The smallest absolute Gasteiger partial charge is 0.252 e. The molecule has 3 fully saturated rings. The summed E-state index contributed by atoms with van der Waals surface area (Å²) in [4.78, 5) is 16.8. The molecule has 5 nitrogen and oxygen atoms in total. The summed E-state index contributed by atoms with van der Waals surface area (Å²) >= 11 is 1.75. The summed E-state index contributed by atoms with van der Waals surface area (Å²) in [6.07, 6.45) is 8.75. The van der Waals surface area contributed by atoms with Gasteiger partial charge in [-0.25, -0.2) is 0 Å². The predicted octanol–water partition coefficient (Wildman–Crippen LogP) is 3.72. The third-order valence-corrected chi connectivity index (χ3v) is 7.83. The van der Waals surface area contributed by atoms with Crippen molar-refractivity contribution in [1.82, 2.24) is 10.2 Å². The first-order valence-corrected chi connectivity index (χ1v) is 12.2. The van der Waals surface area contributed by atoms with E-state index < -0.39 is 0 Å². The molecule has 1 N–H and O–H groups in total. The van der Waals surface area contributed by atoms with Crippen molar-refractivity contribution >= 4 is 17.7 Å². The van der Waals surface area contributed by atoms with E-state index in [1.165, 1.54) is 32.1 Å². The Hall–Kier alpha value is -1.08. The lowest BCUT2D eigenvalue weighted by atomic mass is 9.79. The third kappa shape index (κ3) is 5.35. The van der Waals surface area contributed by atoms with Gasteiger partial charge in [0.25, 0.3) is 5.91 Å². The van der Waals surface area contributed by atoms with E-state index in [2.05, 4.69) is 16.3 Å². The summed E-state index contributed by atoms with van der Waals surface area (Å²) in [7, 11) is 0. The molecule has 2 heterocycles. The van der Waals surface area contributed by atoms with Crippen LogP contribution in [-0.4, -0.2) is 67.7 Å². The van der Waals surface area contributed by atoms with Crippen LogP contribution in [0.15, 0.2) is 29.2 Å². The largest absolute Gasteiger partial charge is 0.379 e. The topological polar surface area (TPSA) is 50.8 Å². The van der Waals surface area contributed by atoms with E-state index in [1.807, 2.05) is 18.2 Å². The highest BCUT2D eigenvalue weighted by atomic mass is 32.2. The van der Waals surface area contributed by atoms with Gasteiger partial charge < -0.3 is 14.8 Å². The van der Waals surface area contributed by atoms with E-state index in [4.69, 9.17) is 9.47 Å². The average Bonchev–Trinajstić information content (AvgIpc) is 3.31. The molecule has 0 spiro atoms. The zero-order valence-corrected chi connectivity index (χ0v) is 18.2. The van der Waals surface area contributed by atoms with Gasteiger partial charge in [0.2, 0.25) is 0 Å². The molecule has 4 rings (SSSR count). The van der Waals surface area contributed by atoms with E-state index in [-0.39, 0.29) is 11.4 Å². The van der Waals surface area contributed by atoms with Crippen LogP contribution < -0.4 is 5.32 Å². The lowest BCUT2D eigenvalue weighted by Gasteiger charge is -2.48. The number of morpholine rings is 1. The summed E-state index contributed by atoms with van der Waals surface area (Å²) in [5, 5.41) is 3.31. The van der Waals surface area contributed by atoms with Crippen molar-refractivity contribution in [2.45, 2.75) is 61.5 Å². The summed E-state index contributed by atoms with van der Waals surface area (Å²) in [6, 6.07) is 8.00. The van der Waals surface area contributed by atoms with Gasteiger partial charge in [-0.15, -0.1) is 11.8 Å². The van der Waals surface area contributed by atoms with Crippen LogP contribution in [0.3, 0.4) is 0 Å². The fourth-order valence-electron chi connectivity index (χ4n) is 4.93. The molecule has 0 bridgehead atoms. The van der Waals surface area contributed by atoms with Gasteiger partial charge in [0, 0.05) is 42.4 Å². The molecule has 1 aromatic carbocycles. The molecule has 0 radical (unpaired) electrons. The van der Waals surface area contributed by atoms with Crippen molar-refractivity contribution in [1.29, 1.82) is 0 Å². The Kier molecular flexibility index (Phi) is 7.51. The van der Waals surface area contributed by atoms with Crippen LogP contribution in [0.1, 0.15) is 55.3 Å². The minimum Gasteiger partial charge on any atom is -0.379 e. The Morgan fingerprint density at radius 3 is 2.66 bits per heavy atom. The second kappa shape index (κ2) is 10.3. The first kappa shape index (κ1) is 21.2. The second-order valence-electron chi connectivity index (χ2n) is 8.51. The minimum atomic E-state index is 0.0543. The Morgan fingerprint density at radius 2 is 1.90 bits per heavy atom. The molecule has 0 unspecified atom stereocenters. The van der Waals surface area contributed by atoms with E-state index in [0.29, 0.717) is 6.10 Å². The summed E-state index contributed by atoms with van der Waals surface area (Å²) in [5.74, 6) is 0.973. The zero-order valence-electron chi connectivity index (χ0n) is 17.4. The number of thioether (sulfide) groups is 1. The first-order chi connectivity index (χ1) is 14.3. The van der Waals surface area contributed by atoms with Crippen molar-refractivity contribution in [3.63, 3.8) is 0 Å². The number of rotatable bonds is 7. The number of hydrogen-bond donors (Lipinski definition) is 1. The van der Waals surface area contributed by atoms with Crippen LogP contribution in [0.2, 0.25) is 0 Å². The number of amides is 1. The van der Waals surface area contributed by atoms with Gasteiger partial charge in [-0.05, 0) is 37.8 Å². The number of benzene rings is 1. The van der Waals surface area contributed by atoms with Gasteiger partial charge in [0.05, 0.1) is 24.9 Å². The molecule has 1 aliphatic carbocycles. The van der Waals surface area contributed by atoms with E-state index in [0.717, 1.165) is 68.5 Å². The standard InChI is InChI=1S/C23H34N2O3S/c26-22(20-8-2-3-9-21(20)29-17-19-7-6-14-28-19)24-18-23(10-4-1-5-11-23)25-12-15-27-16-13-25/h2-3,8-9,19H,1,4-7,10-18H2,(H,24,26)/t19-/m1/s1. The van der Waals surface area contributed by atoms with E-state index >= 15 is 0 Å². The number of carbonyl (C=O) groups excluding carboxylic acids is 1. The number of carbonyl (C=O) groups is 1. The van der Waals surface area contributed by atoms with Gasteiger partial charge in [0.1, 0.15) is 0 Å². The van der Waals surface area contributed by atoms with Gasteiger partial charge in [0.15, 0.2) is 0 Å². The quantitative estimate of drug-likeness (QED) is 0.684. The van der Waals surface area contributed by atoms with Crippen LogP contribution >= 0.6 is 11.8 Å². The molecule has 3 aliphatic rings. The van der Waals surface area contributed by atoms with Gasteiger partial charge in [-0.1, -0.05) is 31.4 Å². The van der Waals surface area contributed by atoms with Crippen molar-refractivity contribution in [2.75, 3.05) is 45.2 Å². The highest BCUT2D eigenvalue weighted by Crippen LogP contribution is 2.34. The van der Waals surface area contributed by atoms with Crippen LogP contribution in [0.5, 0.6) is 0 Å². The number of nitrogens with zero attached hydrogens (tertiary/aromatic N) is 1. The summed E-state index contributed by atoms with van der Waals surface area (Å²) in [6.45, 7) is 5.16. The Balaban J connectivity index is 1.40. The molecule has 1 amide bonds. The molecule has 0 aromatic heterocycles. The molecule has 2 aliphatic heterocycles. The molecule has 1 aromatic rings. The normalized spacial score (nSPS) is 25.0. The van der Waals surface area contributed by atoms with Crippen molar-refractivity contribution < 1.29 is 14.3 Å². The SMILES string of the molecule is O=C(NCC1(N2CCOCC2)CCCCC1)c1ccccc1SC[C@H]1CCCO1. The summed E-state index contributed by atoms with van der Waals surface area (Å²) < 4.78 is 11.3. The molecule has 2 saturated heterocycles. The summed E-state index contributed by atoms with van der Waals surface area (Å²) in [5.41, 5.74) is 0.890. The average molecular weight is 419 g/mol. The van der Waals surface area contributed by atoms with Crippen LogP contribution in [0.4, 0.5) is 0 Å². The molecular formula is C23H34N2O3S. The van der Waals surface area contributed by atoms with Crippen molar-refractivity contribution in [2.24, 2.45) is 0 Å². The molecule has 6 heteroatoms. The molecular weight excluding hydrogens is 384 g/mol. The van der Waals surface area contributed by atoms with Crippen LogP contribution in [0.25, 0.3) is 0 Å². The Morgan fingerprint density at radius 1 is 1.10 bits per heavy atom. The molecule has 29 heavy (non-hydrogen) atoms. The van der Waals surface area contributed by atoms with E-state index in [1.54, 1.807) is 11.8 Å². The van der Waals surface area contributed by atoms with Gasteiger partial charge in [-0.3, -0.25) is 9.69 Å². The lowest BCUT2D eigenvalue weighted by molar-refractivity contribution is -0.0361. The highest BCUT2D eigenvalue weighted by Gasteiger charge is 2.39. The van der Waals surface area contributed by atoms with Gasteiger partial charge >= 0.3 is 0 Å². The number of nitrogens with one attached hydrogen (secondary N) is 1. The molecule has 1 atom stereocenters. The van der Waals surface area contributed by atoms with Crippen LogP contribution in [0, 0.1) is 0 Å². The number of hydrogen-bond acceptors (Lipinski definition) is 5. The minimum absolute atomic E-state index is 0.0543. The first-order valence-electron chi connectivity index (χ1n) is 11.2. The maximum Gasteiger partial charge on any atom is 0.252 e. The lowest BCUT2D eigenvalue weighted by Crippen LogP contribution is -2.59. The van der Waals surface area contributed by atoms with Crippen molar-refractivity contribution in [3.05, 3.63) is 29.8 Å². The van der Waals surface area contributed by atoms with Crippen LogP contribution in [-0.2, 0) is 9.47 Å². The Labute approximate surface area is 178 Å². The Bertz CT molecular complexity index is 666. The van der Waals surface area contributed by atoms with Crippen molar-refractivity contribution in [3.8, 4) is 0 Å². The third-order valence-electron chi connectivity index (χ3n) is 6.62.